The standard InChI is InChI=1S/C16H23NO6/c1-4-7-21-14-10-12(16(18)23-9-6-3)13(17(19)20)11-15(14)22-8-5-2/h10-11H,4-9H2,1-3H3. The molecule has 0 radical (unpaired) electrons. The molecule has 1 aromatic carbocycles. The fourth-order valence-corrected chi connectivity index (χ4v) is 1.79. The number of carbonyl (C=O) groups is 1. The maximum atomic E-state index is 12.1. The van der Waals surface area contributed by atoms with Crippen molar-refractivity contribution in [3.05, 3.63) is 27.8 Å². The maximum Gasteiger partial charge on any atom is 0.345 e. The molecule has 0 spiro atoms. The molecule has 0 aliphatic carbocycles. The largest absolute Gasteiger partial charge is 0.490 e. The normalized spacial score (nSPS) is 10.2. The maximum absolute atomic E-state index is 12.1. The van der Waals surface area contributed by atoms with Gasteiger partial charge < -0.3 is 14.2 Å². The quantitative estimate of drug-likeness (QED) is 0.370. The average Bonchev–Trinajstić information content (AvgIpc) is 2.55. The second-order valence-electron chi connectivity index (χ2n) is 4.91. The number of esters is 1. The molecule has 0 aliphatic rings. The Kier molecular flexibility index (Phi) is 7.87. The first-order valence-corrected chi connectivity index (χ1v) is 7.80. The molecular weight excluding hydrogens is 302 g/mol. The lowest BCUT2D eigenvalue weighted by atomic mass is 10.1. The van der Waals surface area contributed by atoms with Gasteiger partial charge in [-0.2, -0.15) is 0 Å². The van der Waals surface area contributed by atoms with E-state index < -0.39 is 10.9 Å². The number of nitro benzene ring substituents is 1. The molecule has 128 valence electrons. The SMILES string of the molecule is CCCOC(=O)c1cc(OCCC)c(OCCC)cc1[N+](=O)[O-]. The summed E-state index contributed by atoms with van der Waals surface area (Å²) in [6.45, 7) is 6.74. The Balaban J connectivity index is 3.24. The monoisotopic (exact) mass is 325 g/mol. The Labute approximate surface area is 135 Å². The molecule has 1 aromatic rings. The average molecular weight is 325 g/mol. The third-order valence-electron chi connectivity index (χ3n) is 2.84. The van der Waals surface area contributed by atoms with Gasteiger partial charge in [0.15, 0.2) is 11.5 Å². The van der Waals surface area contributed by atoms with Crippen molar-refractivity contribution in [1.29, 1.82) is 0 Å². The first-order valence-electron chi connectivity index (χ1n) is 7.80. The van der Waals surface area contributed by atoms with Crippen molar-refractivity contribution in [3.8, 4) is 11.5 Å². The van der Waals surface area contributed by atoms with Gasteiger partial charge in [-0.1, -0.05) is 20.8 Å². The molecule has 7 heteroatoms. The summed E-state index contributed by atoms with van der Waals surface area (Å²) in [4.78, 5) is 22.7. The van der Waals surface area contributed by atoms with Crippen molar-refractivity contribution in [2.24, 2.45) is 0 Å². The van der Waals surface area contributed by atoms with Gasteiger partial charge in [-0.3, -0.25) is 10.1 Å². The van der Waals surface area contributed by atoms with Gasteiger partial charge in [-0.15, -0.1) is 0 Å². The van der Waals surface area contributed by atoms with Crippen LogP contribution in [0.4, 0.5) is 5.69 Å². The second-order valence-corrected chi connectivity index (χ2v) is 4.91. The molecule has 23 heavy (non-hydrogen) atoms. The summed E-state index contributed by atoms with van der Waals surface area (Å²) in [6, 6.07) is 2.56. The van der Waals surface area contributed by atoms with Crippen molar-refractivity contribution in [2.75, 3.05) is 19.8 Å². The first kappa shape index (κ1) is 18.7. The summed E-state index contributed by atoms with van der Waals surface area (Å²) in [5, 5.41) is 11.3. The highest BCUT2D eigenvalue weighted by Crippen LogP contribution is 2.35. The number of ether oxygens (including phenoxy) is 3. The second kappa shape index (κ2) is 9.66. The number of nitro groups is 1. The van der Waals surface area contributed by atoms with Gasteiger partial charge in [0.05, 0.1) is 30.8 Å². The third-order valence-corrected chi connectivity index (χ3v) is 2.84. The van der Waals surface area contributed by atoms with Crippen molar-refractivity contribution < 1.29 is 23.9 Å². The predicted molar refractivity (Wildman–Crippen MR) is 85.2 cm³/mol. The van der Waals surface area contributed by atoms with Crippen LogP contribution in [0.1, 0.15) is 50.4 Å². The van der Waals surface area contributed by atoms with Gasteiger partial charge in [0.1, 0.15) is 5.56 Å². The molecule has 0 saturated carbocycles. The van der Waals surface area contributed by atoms with Gasteiger partial charge in [-0.05, 0) is 19.3 Å². The Bertz CT molecular complexity index is 544. The molecular formula is C16H23NO6. The summed E-state index contributed by atoms with van der Waals surface area (Å²) in [6.07, 6.45) is 2.15. The van der Waals surface area contributed by atoms with Crippen LogP contribution in [0.25, 0.3) is 0 Å². The Morgan fingerprint density at radius 2 is 1.52 bits per heavy atom. The number of benzene rings is 1. The molecule has 0 bridgehead atoms. The van der Waals surface area contributed by atoms with Crippen molar-refractivity contribution in [1.82, 2.24) is 0 Å². The van der Waals surface area contributed by atoms with E-state index in [0.717, 1.165) is 12.8 Å². The molecule has 1 rings (SSSR count). The zero-order chi connectivity index (χ0) is 17.2. The summed E-state index contributed by atoms with van der Waals surface area (Å²) >= 11 is 0. The molecule has 0 aromatic heterocycles. The van der Waals surface area contributed by atoms with E-state index in [0.29, 0.717) is 25.4 Å². The van der Waals surface area contributed by atoms with E-state index in [9.17, 15) is 14.9 Å². The zero-order valence-electron chi connectivity index (χ0n) is 13.8. The molecule has 0 saturated heterocycles. The van der Waals surface area contributed by atoms with Gasteiger partial charge in [0.25, 0.3) is 5.69 Å². The van der Waals surface area contributed by atoms with Crippen molar-refractivity contribution in [3.63, 3.8) is 0 Å². The van der Waals surface area contributed by atoms with Crippen LogP contribution in [-0.2, 0) is 4.74 Å². The lowest BCUT2D eigenvalue weighted by molar-refractivity contribution is -0.385. The predicted octanol–water partition coefficient (Wildman–Crippen LogP) is 3.74. The van der Waals surface area contributed by atoms with Crippen molar-refractivity contribution in [2.45, 2.75) is 40.0 Å². The lowest BCUT2D eigenvalue weighted by Gasteiger charge is -2.13. The lowest BCUT2D eigenvalue weighted by Crippen LogP contribution is -2.11. The molecule has 0 atom stereocenters. The van der Waals surface area contributed by atoms with E-state index in [-0.39, 0.29) is 23.6 Å². The van der Waals surface area contributed by atoms with E-state index in [1.807, 2.05) is 20.8 Å². The fraction of sp³-hybridized carbons (Fsp3) is 0.562. The van der Waals surface area contributed by atoms with E-state index in [1.165, 1.54) is 12.1 Å². The Morgan fingerprint density at radius 1 is 1.00 bits per heavy atom. The minimum Gasteiger partial charge on any atom is -0.490 e. The smallest absolute Gasteiger partial charge is 0.345 e. The van der Waals surface area contributed by atoms with Crippen molar-refractivity contribution >= 4 is 11.7 Å². The molecule has 7 nitrogen and oxygen atoms in total. The van der Waals surface area contributed by atoms with Crippen LogP contribution < -0.4 is 9.47 Å². The van der Waals surface area contributed by atoms with E-state index in [1.54, 1.807) is 0 Å². The number of rotatable bonds is 10. The summed E-state index contributed by atoms with van der Waals surface area (Å²) < 4.78 is 16.1. The highest BCUT2D eigenvalue weighted by Gasteiger charge is 2.26. The number of nitrogens with zero attached hydrogens (tertiary/aromatic N) is 1. The van der Waals surface area contributed by atoms with Gasteiger partial charge in [0, 0.05) is 6.07 Å². The topological polar surface area (TPSA) is 87.9 Å². The number of hydrogen-bond donors (Lipinski definition) is 0. The number of hydrogen-bond acceptors (Lipinski definition) is 6. The van der Waals surface area contributed by atoms with E-state index >= 15 is 0 Å². The van der Waals surface area contributed by atoms with Gasteiger partial charge in [0.2, 0.25) is 0 Å². The summed E-state index contributed by atoms with van der Waals surface area (Å²) in [5.41, 5.74) is -0.473. The molecule has 0 heterocycles. The molecule has 0 fully saturated rings. The molecule has 0 amide bonds. The van der Waals surface area contributed by atoms with E-state index in [4.69, 9.17) is 14.2 Å². The van der Waals surface area contributed by atoms with Crippen LogP contribution in [-0.4, -0.2) is 30.7 Å². The summed E-state index contributed by atoms with van der Waals surface area (Å²) in [7, 11) is 0. The van der Waals surface area contributed by atoms with Crippen LogP contribution in [0.15, 0.2) is 12.1 Å². The zero-order valence-corrected chi connectivity index (χ0v) is 13.8. The van der Waals surface area contributed by atoms with E-state index in [2.05, 4.69) is 0 Å². The highest BCUT2D eigenvalue weighted by atomic mass is 16.6. The highest BCUT2D eigenvalue weighted by molar-refractivity contribution is 5.95. The minimum atomic E-state index is -0.734. The minimum absolute atomic E-state index is 0.126. The molecule has 0 aliphatic heterocycles. The molecule has 0 unspecified atom stereocenters. The van der Waals surface area contributed by atoms with Gasteiger partial charge >= 0.3 is 5.97 Å². The fourth-order valence-electron chi connectivity index (χ4n) is 1.79. The molecule has 0 N–H and O–H groups in total. The Morgan fingerprint density at radius 3 is 2.00 bits per heavy atom. The van der Waals surface area contributed by atoms with Crippen LogP contribution in [0.2, 0.25) is 0 Å². The van der Waals surface area contributed by atoms with Crippen LogP contribution in [0.5, 0.6) is 11.5 Å². The van der Waals surface area contributed by atoms with Crippen LogP contribution in [0, 0.1) is 10.1 Å². The van der Waals surface area contributed by atoms with Crippen LogP contribution >= 0.6 is 0 Å². The van der Waals surface area contributed by atoms with Crippen LogP contribution in [0.3, 0.4) is 0 Å². The Hall–Kier alpha value is -2.31. The summed E-state index contributed by atoms with van der Waals surface area (Å²) in [5.74, 6) is -0.157. The number of carbonyl (C=O) groups excluding carboxylic acids is 1. The van der Waals surface area contributed by atoms with Gasteiger partial charge in [-0.25, -0.2) is 4.79 Å². The first-order chi connectivity index (χ1) is 11.0. The third kappa shape index (κ3) is 5.43.